The number of H-pyrrole nitrogens is 1. The molecule has 0 unspecified atom stereocenters. The van der Waals surface area contributed by atoms with E-state index in [1.165, 1.54) is 6.07 Å². The summed E-state index contributed by atoms with van der Waals surface area (Å²) in [6.07, 6.45) is 1.84. The molecule has 0 saturated heterocycles. The summed E-state index contributed by atoms with van der Waals surface area (Å²) in [6.45, 7) is 4.26. The molecular formula is C19H19FN4. The van der Waals surface area contributed by atoms with Gasteiger partial charge >= 0.3 is 0 Å². The molecule has 24 heavy (non-hydrogen) atoms. The topological polar surface area (TPSA) is 43.1 Å². The van der Waals surface area contributed by atoms with Crippen molar-refractivity contribution in [2.24, 2.45) is 0 Å². The molecule has 0 amide bonds. The van der Waals surface area contributed by atoms with Crippen LogP contribution in [-0.2, 0) is 0 Å². The van der Waals surface area contributed by atoms with Gasteiger partial charge in [0.1, 0.15) is 5.82 Å². The molecule has 0 aliphatic carbocycles. The molecule has 0 atom stereocenters. The molecule has 2 heterocycles. The highest BCUT2D eigenvalue weighted by molar-refractivity contribution is 5.81. The second kappa shape index (κ2) is 5.69. The second-order valence-electron chi connectivity index (χ2n) is 6.21. The lowest BCUT2D eigenvalue weighted by Crippen LogP contribution is -2.41. The minimum absolute atomic E-state index is 0.213. The van der Waals surface area contributed by atoms with Crippen LogP contribution < -0.4 is 16.0 Å². The summed E-state index contributed by atoms with van der Waals surface area (Å²) in [4.78, 5) is 3.24. The van der Waals surface area contributed by atoms with Crippen molar-refractivity contribution in [3.05, 3.63) is 60.5 Å². The van der Waals surface area contributed by atoms with Crippen molar-refractivity contribution in [1.29, 1.82) is 0 Å². The zero-order chi connectivity index (χ0) is 16.7. The van der Waals surface area contributed by atoms with E-state index in [-0.39, 0.29) is 5.82 Å². The van der Waals surface area contributed by atoms with E-state index in [2.05, 4.69) is 53.0 Å². The molecule has 3 N–H and O–H groups in total. The first-order valence-corrected chi connectivity index (χ1v) is 8.02. The fraction of sp³-hybridized carbons (Fsp3) is 0.158. The smallest absolute Gasteiger partial charge is 0.131 e. The predicted octanol–water partition coefficient (Wildman–Crippen LogP) is 4.55. The first kappa shape index (κ1) is 14.8. The molecule has 0 saturated carbocycles. The van der Waals surface area contributed by atoms with E-state index in [9.17, 15) is 4.39 Å². The van der Waals surface area contributed by atoms with Crippen molar-refractivity contribution in [2.45, 2.75) is 19.9 Å². The summed E-state index contributed by atoms with van der Waals surface area (Å²) in [5.41, 5.74) is 12.0. The molecule has 0 spiro atoms. The van der Waals surface area contributed by atoms with E-state index in [0.717, 1.165) is 28.2 Å². The number of aromatic amines is 1. The van der Waals surface area contributed by atoms with Crippen molar-refractivity contribution in [1.82, 2.24) is 10.5 Å². The lowest BCUT2D eigenvalue weighted by molar-refractivity contribution is 0.631. The Morgan fingerprint density at radius 2 is 1.83 bits per heavy atom. The van der Waals surface area contributed by atoms with Crippen LogP contribution in [0.1, 0.15) is 13.8 Å². The van der Waals surface area contributed by atoms with Gasteiger partial charge < -0.3 is 10.4 Å². The molecule has 0 bridgehead atoms. The SMILES string of the molecule is CC(C)N1NNc2cc(-c3cc(-c4ccccc4F)c[nH]3)ccc21. The van der Waals surface area contributed by atoms with Crippen LogP contribution >= 0.6 is 0 Å². The molecule has 122 valence electrons. The molecule has 1 aliphatic rings. The highest BCUT2D eigenvalue weighted by Gasteiger charge is 2.21. The maximum atomic E-state index is 13.9. The van der Waals surface area contributed by atoms with Crippen LogP contribution in [0, 0.1) is 5.82 Å². The molecule has 4 nitrogen and oxygen atoms in total. The van der Waals surface area contributed by atoms with Gasteiger partial charge in [-0.05, 0) is 38.1 Å². The Hall–Kier alpha value is -2.79. The number of hydrazine groups is 2. The van der Waals surface area contributed by atoms with Crippen molar-refractivity contribution in [3.8, 4) is 22.4 Å². The van der Waals surface area contributed by atoms with E-state index in [1.807, 2.05) is 18.3 Å². The number of aromatic nitrogens is 1. The number of nitrogens with one attached hydrogen (secondary N) is 3. The zero-order valence-corrected chi connectivity index (χ0v) is 13.6. The Balaban J connectivity index is 1.68. The Labute approximate surface area is 140 Å². The van der Waals surface area contributed by atoms with E-state index >= 15 is 0 Å². The Morgan fingerprint density at radius 3 is 2.62 bits per heavy atom. The third-order valence-corrected chi connectivity index (χ3v) is 4.26. The minimum atomic E-state index is -0.213. The molecule has 4 rings (SSSR count). The minimum Gasteiger partial charge on any atom is -0.361 e. The quantitative estimate of drug-likeness (QED) is 0.663. The van der Waals surface area contributed by atoms with Crippen LogP contribution in [0.4, 0.5) is 15.8 Å². The fourth-order valence-corrected chi connectivity index (χ4v) is 3.01. The Kier molecular flexibility index (Phi) is 3.50. The van der Waals surface area contributed by atoms with Crippen molar-refractivity contribution in [3.63, 3.8) is 0 Å². The highest BCUT2D eigenvalue weighted by Crippen LogP contribution is 2.35. The molecule has 0 radical (unpaired) electrons. The first-order chi connectivity index (χ1) is 11.6. The number of halogens is 1. The average molecular weight is 322 g/mol. The fourth-order valence-electron chi connectivity index (χ4n) is 3.01. The molecule has 1 aromatic heterocycles. The number of anilines is 2. The van der Waals surface area contributed by atoms with Gasteiger partial charge in [-0.25, -0.2) is 4.39 Å². The van der Waals surface area contributed by atoms with Crippen LogP contribution in [0.3, 0.4) is 0 Å². The molecule has 0 fully saturated rings. The van der Waals surface area contributed by atoms with Gasteiger partial charge in [-0.15, -0.1) is 5.53 Å². The standard InChI is InChI=1S/C19H19FN4/c1-12(2)24-19-8-7-13(9-18(19)22-23-24)17-10-14(11-21-17)15-5-3-4-6-16(15)20/h3-12,21-23H,1-2H3. The van der Waals surface area contributed by atoms with E-state index in [4.69, 9.17) is 0 Å². The van der Waals surface area contributed by atoms with Crippen LogP contribution in [-0.4, -0.2) is 11.0 Å². The molecule has 1 aliphatic heterocycles. The number of hydrogen-bond donors (Lipinski definition) is 3. The van der Waals surface area contributed by atoms with Gasteiger partial charge in [0, 0.05) is 34.6 Å². The Bertz CT molecular complexity index is 885. The highest BCUT2D eigenvalue weighted by atomic mass is 19.1. The maximum Gasteiger partial charge on any atom is 0.131 e. The van der Waals surface area contributed by atoms with Gasteiger partial charge in [0.2, 0.25) is 0 Å². The van der Waals surface area contributed by atoms with Crippen molar-refractivity contribution >= 4 is 11.4 Å². The van der Waals surface area contributed by atoms with Crippen LogP contribution in [0.2, 0.25) is 0 Å². The number of hydrogen-bond acceptors (Lipinski definition) is 3. The van der Waals surface area contributed by atoms with E-state index in [0.29, 0.717) is 11.6 Å². The van der Waals surface area contributed by atoms with Gasteiger partial charge in [0.15, 0.2) is 0 Å². The summed E-state index contributed by atoms with van der Waals surface area (Å²) >= 11 is 0. The van der Waals surface area contributed by atoms with E-state index < -0.39 is 0 Å². The third kappa shape index (κ3) is 2.43. The predicted molar refractivity (Wildman–Crippen MR) is 96.0 cm³/mol. The number of nitrogens with zero attached hydrogens (tertiary/aromatic N) is 1. The van der Waals surface area contributed by atoms with Crippen LogP contribution in [0.5, 0.6) is 0 Å². The third-order valence-electron chi connectivity index (χ3n) is 4.26. The molecule has 2 aromatic carbocycles. The number of rotatable bonds is 3. The summed E-state index contributed by atoms with van der Waals surface area (Å²) in [7, 11) is 0. The maximum absolute atomic E-state index is 13.9. The van der Waals surface area contributed by atoms with Crippen molar-refractivity contribution < 1.29 is 4.39 Å². The van der Waals surface area contributed by atoms with Crippen molar-refractivity contribution in [2.75, 3.05) is 10.4 Å². The lowest BCUT2D eigenvalue weighted by Gasteiger charge is -2.22. The largest absolute Gasteiger partial charge is 0.361 e. The van der Waals surface area contributed by atoms with E-state index in [1.54, 1.807) is 12.1 Å². The lowest BCUT2D eigenvalue weighted by atomic mass is 10.1. The summed E-state index contributed by atoms with van der Waals surface area (Å²) in [5, 5.41) is 2.08. The molecule has 5 heteroatoms. The van der Waals surface area contributed by atoms with Gasteiger partial charge in [0.05, 0.1) is 11.4 Å². The first-order valence-electron chi connectivity index (χ1n) is 8.02. The number of fused-ring (bicyclic) bond motifs is 1. The second-order valence-corrected chi connectivity index (χ2v) is 6.21. The monoisotopic (exact) mass is 322 g/mol. The molecular weight excluding hydrogens is 303 g/mol. The number of benzene rings is 2. The summed E-state index contributed by atoms with van der Waals surface area (Å²) < 4.78 is 13.9. The van der Waals surface area contributed by atoms with Crippen LogP contribution in [0.15, 0.2) is 54.7 Å². The zero-order valence-electron chi connectivity index (χ0n) is 13.6. The van der Waals surface area contributed by atoms with Gasteiger partial charge in [-0.1, -0.05) is 24.3 Å². The Morgan fingerprint density at radius 1 is 1.00 bits per heavy atom. The van der Waals surface area contributed by atoms with Gasteiger partial charge in [-0.3, -0.25) is 5.01 Å². The molecule has 3 aromatic rings. The van der Waals surface area contributed by atoms with Crippen LogP contribution in [0.25, 0.3) is 22.4 Å². The van der Waals surface area contributed by atoms with Gasteiger partial charge in [-0.2, -0.15) is 0 Å². The van der Waals surface area contributed by atoms with Gasteiger partial charge in [0.25, 0.3) is 0 Å². The normalized spacial score (nSPS) is 13.2. The summed E-state index contributed by atoms with van der Waals surface area (Å²) in [5.74, 6) is -0.213. The average Bonchev–Trinajstić information content (AvgIpc) is 3.21. The summed E-state index contributed by atoms with van der Waals surface area (Å²) in [6, 6.07) is 15.4.